The first-order valence-corrected chi connectivity index (χ1v) is 22.6. The molecule has 0 spiro atoms. The average Bonchev–Trinajstić information content (AvgIpc) is 3.81. The molecular formula is C44H60N7O10SY-. The van der Waals surface area contributed by atoms with Crippen LogP contribution in [0.2, 0.25) is 0 Å². The summed E-state index contributed by atoms with van der Waals surface area (Å²) < 4.78 is 0. The van der Waals surface area contributed by atoms with Gasteiger partial charge in [-0.15, -0.1) is 17.1 Å². The predicted octanol–water partition coefficient (Wildman–Crippen LogP) is 1.26. The third-order valence-electron chi connectivity index (χ3n) is 12.8. The van der Waals surface area contributed by atoms with E-state index in [1.807, 2.05) is 27.7 Å². The minimum absolute atomic E-state index is 0. The Morgan fingerprint density at radius 2 is 1.63 bits per heavy atom. The summed E-state index contributed by atoms with van der Waals surface area (Å²) in [7, 11) is 0. The molecule has 4 heterocycles. The SMILES string of the molecule is CC[C@H](C)[C@@H]1NC(=O)CNC(=O)C2CC(=O)C([C@@H](C)[C@@H](C)CC)NC(=O)[C@@H]3C[C@@H](O)CN3C(=O)[C@H](CC(N)=O)CC(=O)[C@H](CSc3[nH]c4c[c-]ccc4c3C2)NC(=O)CCC1=O.[Y]. The summed E-state index contributed by atoms with van der Waals surface area (Å²) >= 11 is 1.16. The van der Waals surface area contributed by atoms with E-state index in [4.69, 9.17) is 5.73 Å². The molecule has 10 atom stereocenters. The summed E-state index contributed by atoms with van der Waals surface area (Å²) in [5.74, 6) is -9.30. The Hall–Kier alpha value is -4.00. The molecule has 1 aromatic carbocycles. The maximum absolute atomic E-state index is 14.7. The molecular weight excluding hydrogens is 907 g/mol. The molecule has 3 aliphatic heterocycles. The molecule has 1 aromatic heterocycles. The van der Waals surface area contributed by atoms with E-state index < -0.39 is 120 Å². The number of Topliss-reactive ketones (excluding diaryl/α,β-unsaturated/α-hetero) is 3. The van der Waals surface area contributed by atoms with Gasteiger partial charge in [0.25, 0.3) is 0 Å². The molecule has 2 bridgehead atoms. The van der Waals surface area contributed by atoms with Crippen LogP contribution in [0.5, 0.6) is 0 Å². The van der Waals surface area contributed by atoms with E-state index in [1.54, 1.807) is 25.1 Å². The number of aliphatic hydroxyl groups excluding tert-OH is 1. The van der Waals surface area contributed by atoms with Gasteiger partial charge in [-0.05, 0) is 29.7 Å². The molecule has 17 nitrogen and oxygen atoms in total. The molecule has 1 saturated heterocycles. The molecule has 3 aliphatic rings. The molecule has 341 valence electrons. The van der Waals surface area contributed by atoms with Gasteiger partial charge in [0, 0.05) is 89.4 Å². The predicted molar refractivity (Wildman–Crippen MR) is 229 cm³/mol. The Labute approximate surface area is 396 Å². The minimum Gasteiger partial charge on any atom is -0.403 e. The first-order valence-electron chi connectivity index (χ1n) is 21.6. The number of rotatable bonds is 7. The van der Waals surface area contributed by atoms with Crippen molar-refractivity contribution in [3.8, 4) is 0 Å². The zero-order valence-corrected chi connectivity index (χ0v) is 40.3. The Morgan fingerprint density at radius 3 is 2.32 bits per heavy atom. The van der Waals surface area contributed by atoms with Gasteiger partial charge in [0.05, 0.1) is 41.7 Å². The second kappa shape index (κ2) is 23.3. The second-order valence-electron chi connectivity index (χ2n) is 17.2. The number of primary amides is 1. The summed E-state index contributed by atoms with van der Waals surface area (Å²) in [4.78, 5) is 129. The number of carbonyl (C=O) groups is 9. The van der Waals surface area contributed by atoms with Crippen LogP contribution in [0.4, 0.5) is 0 Å². The Balaban J connectivity index is 0.00000871. The van der Waals surface area contributed by atoms with Crippen LogP contribution in [0.3, 0.4) is 0 Å². The number of benzene rings is 1. The smallest absolute Gasteiger partial charge is 0.243 e. The van der Waals surface area contributed by atoms with Gasteiger partial charge in [0.2, 0.25) is 35.4 Å². The van der Waals surface area contributed by atoms with Gasteiger partial charge in [-0.1, -0.05) is 53.0 Å². The van der Waals surface area contributed by atoms with E-state index >= 15 is 0 Å². The number of thioether (sulfide) groups is 1. The van der Waals surface area contributed by atoms with E-state index in [9.17, 15) is 48.3 Å². The van der Waals surface area contributed by atoms with Gasteiger partial charge in [-0.2, -0.15) is 24.3 Å². The second-order valence-corrected chi connectivity index (χ2v) is 18.2. The van der Waals surface area contributed by atoms with Crippen molar-refractivity contribution in [2.24, 2.45) is 35.3 Å². The number of ketones is 3. The number of aliphatic hydroxyl groups is 1. The van der Waals surface area contributed by atoms with Crippen molar-refractivity contribution < 1.29 is 81.0 Å². The van der Waals surface area contributed by atoms with Crippen LogP contribution < -0.4 is 27.0 Å². The van der Waals surface area contributed by atoms with Gasteiger partial charge in [0.15, 0.2) is 17.3 Å². The zero-order valence-electron chi connectivity index (χ0n) is 36.6. The van der Waals surface area contributed by atoms with E-state index in [0.29, 0.717) is 34.3 Å². The van der Waals surface area contributed by atoms with E-state index in [0.717, 1.165) is 16.7 Å². The van der Waals surface area contributed by atoms with Crippen LogP contribution in [-0.4, -0.2) is 117 Å². The summed E-state index contributed by atoms with van der Waals surface area (Å²) in [5, 5.41) is 23.0. The zero-order chi connectivity index (χ0) is 45.4. The monoisotopic (exact) mass is 967 g/mol. The van der Waals surface area contributed by atoms with Crippen molar-refractivity contribution in [3.63, 3.8) is 0 Å². The van der Waals surface area contributed by atoms with Crippen LogP contribution in [0.25, 0.3) is 10.9 Å². The summed E-state index contributed by atoms with van der Waals surface area (Å²) in [6.07, 6.45) is -2.35. The van der Waals surface area contributed by atoms with Crippen molar-refractivity contribution in [1.29, 1.82) is 0 Å². The number of aromatic nitrogens is 1. The van der Waals surface area contributed by atoms with Crippen molar-refractivity contribution in [2.75, 3.05) is 18.8 Å². The molecule has 0 aliphatic carbocycles. The first-order chi connectivity index (χ1) is 29.4. The first kappa shape index (κ1) is 51.6. The maximum atomic E-state index is 14.7. The van der Waals surface area contributed by atoms with Crippen molar-refractivity contribution in [2.45, 2.75) is 128 Å². The van der Waals surface area contributed by atoms with Crippen LogP contribution in [0, 0.1) is 35.7 Å². The average molecular weight is 968 g/mol. The van der Waals surface area contributed by atoms with Crippen LogP contribution in [-0.2, 0) is 82.3 Å². The van der Waals surface area contributed by atoms with Crippen LogP contribution in [0.15, 0.2) is 23.2 Å². The van der Waals surface area contributed by atoms with Gasteiger partial charge >= 0.3 is 0 Å². The van der Waals surface area contributed by atoms with Crippen molar-refractivity contribution in [1.82, 2.24) is 31.2 Å². The number of hydrogen-bond donors (Lipinski definition) is 7. The quantitative estimate of drug-likeness (QED) is 0.194. The summed E-state index contributed by atoms with van der Waals surface area (Å²) in [6, 6.07) is 3.52. The molecule has 19 heteroatoms. The Kier molecular flexibility index (Phi) is 19.1. The van der Waals surface area contributed by atoms with Crippen molar-refractivity contribution >= 4 is 75.5 Å². The van der Waals surface area contributed by atoms with Gasteiger partial charge in [-0.3, -0.25) is 43.2 Å². The number of aromatic amines is 1. The van der Waals surface area contributed by atoms with E-state index in [1.165, 1.54) is 0 Å². The largest absolute Gasteiger partial charge is 0.403 e. The maximum Gasteiger partial charge on any atom is 0.243 e. The topological polar surface area (TPSA) is 267 Å². The molecule has 63 heavy (non-hydrogen) atoms. The standard InChI is InChI=1S/C44H60N7O10S.Y/c1-6-22(3)24(5)40-35(55)15-25-14-29-28-10-8-9-11-30(28)48-43(29)62-21-31(47-37(57)13-12-33(53)39(23(4)7-2)49-38(58)19-46-41(25)59)34(54)16-26(17-36(45)56)44(61)51-20-27(52)18-32(51)42(60)50-40;/h8,10-11,22-27,31-32,39-40,48,52H,6-7,12-21H2,1-5H3,(H2,45,56)(H,46,59)(H,47,57)(H,49,58)(H,50,60);/q-1;/t22-,23-,24-,25?,26-,27+,31-,32-,39-,40?;/m0./s1. The van der Waals surface area contributed by atoms with Crippen LogP contribution in [0.1, 0.15) is 91.5 Å². The number of nitrogens with two attached hydrogens (primary N) is 1. The third-order valence-corrected chi connectivity index (χ3v) is 14.0. The fraction of sp³-hybridized carbons (Fsp3) is 0.614. The number of H-pyrrole nitrogens is 1. The number of hydrogen-bond acceptors (Lipinski definition) is 11. The summed E-state index contributed by atoms with van der Waals surface area (Å²) in [5.41, 5.74) is 6.86. The van der Waals surface area contributed by atoms with Gasteiger partial charge < -0.3 is 42.0 Å². The molecule has 1 radical (unpaired) electrons. The molecule has 2 unspecified atom stereocenters. The number of amides is 6. The normalized spacial score (nSPS) is 27.8. The summed E-state index contributed by atoms with van der Waals surface area (Å²) in [6.45, 7) is 8.50. The molecule has 1 fully saturated rings. The molecule has 8 N–H and O–H groups in total. The van der Waals surface area contributed by atoms with Crippen molar-refractivity contribution in [3.05, 3.63) is 29.8 Å². The number of fused-ring (bicyclic) bond motifs is 5. The Bertz CT molecular complexity index is 2060. The number of nitrogens with zero attached hydrogens (tertiary/aromatic N) is 1. The van der Waals surface area contributed by atoms with Gasteiger partial charge in [0.1, 0.15) is 6.04 Å². The number of carbonyl (C=O) groups excluding carboxylic acids is 9. The Morgan fingerprint density at radius 1 is 0.905 bits per heavy atom. The third kappa shape index (κ3) is 13.1. The van der Waals surface area contributed by atoms with E-state index in [2.05, 4.69) is 32.3 Å². The fourth-order valence-corrected chi connectivity index (χ4v) is 9.69. The molecule has 5 rings (SSSR count). The molecule has 0 saturated carbocycles. The van der Waals surface area contributed by atoms with Crippen LogP contribution >= 0.6 is 11.8 Å². The number of nitrogens with one attached hydrogen (secondary N) is 5. The fourth-order valence-electron chi connectivity index (χ4n) is 8.54. The minimum atomic E-state index is -1.37. The molecule has 2 aromatic rings. The van der Waals surface area contributed by atoms with E-state index in [-0.39, 0.29) is 88.9 Å². The molecule has 6 amide bonds. The van der Waals surface area contributed by atoms with Gasteiger partial charge in [-0.25, -0.2) is 0 Å².